The second-order valence-corrected chi connectivity index (χ2v) is 10.6. The van der Waals surface area contributed by atoms with Gasteiger partial charge in [0.1, 0.15) is 22.8 Å². The quantitative estimate of drug-likeness (QED) is 0.687. The van der Waals surface area contributed by atoms with Crippen molar-refractivity contribution in [1.29, 1.82) is 0 Å². The number of fused-ring (bicyclic) bond motifs is 2. The number of ketones is 1. The van der Waals surface area contributed by atoms with Crippen LogP contribution in [0.2, 0.25) is 0 Å². The van der Waals surface area contributed by atoms with Crippen molar-refractivity contribution in [2.75, 3.05) is 0 Å². The zero-order chi connectivity index (χ0) is 20.6. The zero-order valence-electron chi connectivity index (χ0n) is 17.8. The molecule has 0 amide bonds. The predicted octanol–water partition coefficient (Wildman–Crippen LogP) is 5.13. The van der Waals surface area contributed by atoms with E-state index in [0.717, 1.165) is 25.7 Å². The van der Waals surface area contributed by atoms with Crippen LogP contribution in [0.15, 0.2) is 6.07 Å². The van der Waals surface area contributed by atoms with E-state index in [1.165, 1.54) is 6.07 Å². The molecule has 2 aliphatic heterocycles. The summed E-state index contributed by atoms with van der Waals surface area (Å²) in [6, 6.07) is 1.31. The minimum atomic E-state index is -0.840. The average Bonchev–Trinajstić information content (AvgIpc) is 2.50. The number of carbonyl (C=O) groups excluding carboxylic acids is 1. The van der Waals surface area contributed by atoms with Gasteiger partial charge in [-0.1, -0.05) is 27.7 Å². The number of aromatic hydroxyl groups is 2. The molecule has 5 heteroatoms. The summed E-state index contributed by atoms with van der Waals surface area (Å²) in [5.41, 5.74) is 0.488. The molecule has 1 aliphatic carbocycles. The van der Waals surface area contributed by atoms with E-state index in [4.69, 9.17) is 9.47 Å². The van der Waals surface area contributed by atoms with Crippen molar-refractivity contribution in [2.45, 2.75) is 84.5 Å². The summed E-state index contributed by atoms with van der Waals surface area (Å²) in [6.45, 7) is 12.2. The highest BCUT2D eigenvalue weighted by atomic mass is 16.7. The van der Waals surface area contributed by atoms with Gasteiger partial charge >= 0.3 is 0 Å². The first kappa shape index (κ1) is 19.6. The van der Waals surface area contributed by atoms with Gasteiger partial charge in [0.15, 0.2) is 5.78 Å². The third kappa shape index (κ3) is 2.81. The number of hydrogen-bond donors (Lipinski definition) is 2. The first-order valence-electron chi connectivity index (χ1n) is 10.4. The fourth-order valence-electron chi connectivity index (χ4n) is 5.72. The van der Waals surface area contributed by atoms with Crippen molar-refractivity contribution in [3.63, 3.8) is 0 Å². The van der Waals surface area contributed by atoms with Crippen molar-refractivity contribution in [3.8, 4) is 17.2 Å². The van der Waals surface area contributed by atoms with Gasteiger partial charge in [-0.2, -0.15) is 0 Å². The van der Waals surface area contributed by atoms with E-state index in [2.05, 4.69) is 27.7 Å². The highest BCUT2D eigenvalue weighted by Crippen LogP contribution is 2.65. The summed E-state index contributed by atoms with van der Waals surface area (Å²) in [4.78, 5) is 12.9. The average molecular weight is 389 g/mol. The lowest BCUT2D eigenvalue weighted by Crippen LogP contribution is -2.63. The Hall–Kier alpha value is -1.75. The largest absolute Gasteiger partial charge is 0.507 e. The minimum absolute atomic E-state index is 0.00828. The van der Waals surface area contributed by atoms with Crippen LogP contribution in [0.3, 0.4) is 0 Å². The summed E-state index contributed by atoms with van der Waals surface area (Å²) in [5.74, 6) is -1.06. The molecular weight excluding hydrogens is 356 g/mol. The van der Waals surface area contributed by atoms with Crippen LogP contribution < -0.4 is 4.74 Å². The highest BCUT2D eigenvalue weighted by molar-refractivity contribution is 6.03. The molecule has 0 spiro atoms. The first-order chi connectivity index (χ1) is 12.9. The Morgan fingerprint density at radius 2 is 1.86 bits per heavy atom. The maximum atomic E-state index is 12.9. The molecule has 2 N–H and O–H groups in total. The maximum Gasteiger partial charge on any atom is 0.215 e. The number of Topliss-reactive ketones (excluding diaryl/α,β-unsaturated/α-hetero) is 1. The normalized spacial score (nSPS) is 32.2. The van der Waals surface area contributed by atoms with E-state index in [0.29, 0.717) is 11.3 Å². The van der Waals surface area contributed by atoms with Gasteiger partial charge in [-0.05, 0) is 38.5 Å². The smallest absolute Gasteiger partial charge is 0.215 e. The van der Waals surface area contributed by atoms with Gasteiger partial charge in [-0.15, -0.1) is 0 Å². The summed E-state index contributed by atoms with van der Waals surface area (Å²) >= 11 is 0. The third-order valence-corrected chi connectivity index (χ3v) is 6.75. The molecule has 0 radical (unpaired) electrons. The Balaban J connectivity index is 1.96. The molecule has 154 valence electrons. The molecule has 2 fully saturated rings. The molecule has 1 aromatic rings. The van der Waals surface area contributed by atoms with Crippen molar-refractivity contribution < 1.29 is 24.5 Å². The summed E-state index contributed by atoms with van der Waals surface area (Å²) < 4.78 is 13.2. The van der Waals surface area contributed by atoms with Crippen LogP contribution in [-0.2, 0) is 4.74 Å². The molecule has 1 aromatic carbocycles. The molecule has 1 saturated carbocycles. The van der Waals surface area contributed by atoms with E-state index < -0.39 is 5.79 Å². The Bertz CT molecular complexity index is 834. The van der Waals surface area contributed by atoms with Crippen LogP contribution in [0.5, 0.6) is 17.2 Å². The lowest BCUT2D eigenvalue weighted by Gasteiger charge is -2.60. The number of phenols is 2. The number of benzene rings is 1. The Labute approximate surface area is 167 Å². The van der Waals surface area contributed by atoms with Gasteiger partial charge in [0.2, 0.25) is 5.79 Å². The molecule has 0 aromatic heterocycles. The van der Waals surface area contributed by atoms with E-state index in [1.54, 1.807) is 13.8 Å². The van der Waals surface area contributed by atoms with Crippen LogP contribution in [0.25, 0.3) is 0 Å². The van der Waals surface area contributed by atoms with Gasteiger partial charge in [-0.25, -0.2) is 0 Å². The molecule has 2 heterocycles. The molecule has 1 saturated heterocycles. The molecule has 4 rings (SSSR count). The number of phenolic OH excluding ortho intramolecular Hbond substituents is 2. The lowest BCUT2D eigenvalue weighted by molar-refractivity contribution is -0.328. The van der Waals surface area contributed by atoms with Crippen molar-refractivity contribution in [3.05, 3.63) is 17.2 Å². The molecule has 28 heavy (non-hydrogen) atoms. The monoisotopic (exact) mass is 388 g/mol. The predicted molar refractivity (Wildman–Crippen MR) is 106 cm³/mol. The summed E-state index contributed by atoms with van der Waals surface area (Å²) in [5, 5.41) is 21.3. The highest BCUT2D eigenvalue weighted by Gasteiger charge is 2.62. The van der Waals surface area contributed by atoms with Crippen LogP contribution in [0, 0.1) is 17.3 Å². The van der Waals surface area contributed by atoms with Gasteiger partial charge in [0, 0.05) is 35.8 Å². The fraction of sp³-hybridized carbons (Fsp3) is 0.696. The molecule has 2 bridgehead atoms. The van der Waals surface area contributed by atoms with E-state index in [9.17, 15) is 15.0 Å². The lowest BCUT2D eigenvalue weighted by atomic mass is 9.58. The Morgan fingerprint density at radius 1 is 1.18 bits per heavy atom. The summed E-state index contributed by atoms with van der Waals surface area (Å²) in [7, 11) is 0. The molecule has 1 unspecified atom stereocenters. The van der Waals surface area contributed by atoms with Gasteiger partial charge < -0.3 is 19.7 Å². The molecule has 5 nitrogen and oxygen atoms in total. The second-order valence-electron chi connectivity index (χ2n) is 10.6. The molecular formula is C23H32O5. The van der Waals surface area contributed by atoms with Crippen molar-refractivity contribution in [1.82, 2.24) is 0 Å². The van der Waals surface area contributed by atoms with Crippen LogP contribution in [-0.4, -0.2) is 27.4 Å². The molecule has 3 aliphatic rings. The van der Waals surface area contributed by atoms with Crippen molar-refractivity contribution >= 4 is 5.78 Å². The van der Waals surface area contributed by atoms with Crippen LogP contribution in [0.1, 0.15) is 89.1 Å². The third-order valence-electron chi connectivity index (χ3n) is 6.75. The second kappa shape index (κ2) is 5.88. The first-order valence-corrected chi connectivity index (χ1v) is 10.4. The standard InChI is InChI=1S/C23H32O5/c1-12(2)19(26)18-16(25)9-15(24)17-13-10-21(3,4)11-23(27-20(17)18)14(13)7-8-22(5,6)28-23/h9,12-14,24-25H,7-8,10-11H2,1-6H3/t13?,14-,23-/m0/s1. The van der Waals surface area contributed by atoms with Gasteiger partial charge in [0.05, 0.1) is 5.60 Å². The van der Waals surface area contributed by atoms with E-state index in [1.807, 2.05) is 0 Å². The number of rotatable bonds is 2. The van der Waals surface area contributed by atoms with Crippen molar-refractivity contribution in [2.24, 2.45) is 17.3 Å². The number of carbonyl (C=O) groups is 1. The van der Waals surface area contributed by atoms with Gasteiger partial charge in [-0.3, -0.25) is 4.79 Å². The number of ether oxygens (including phenoxy) is 2. The minimum Gasteiger partial charge on any atom is -0.507 e. The van der Waals surface area contributed by atoms with Crippen LogP contribution >= 0.6 is 0 Å². The zero-order valence-corrected chi connectivity index (χ0v) is 17.8. The Morgan fingerprint density at radius 3 is 2.50 bits per heavy atom. The fourth-order valence-corrected chi connectivity index (χ4v) is 5.72. The topological polar surface area (TPSA) is 76.0 Å². The molecule has 3 atom stereocenters. The van der Waals surface area contributed by atoms with Crippen LogP contribution in [0.4, 0.5) is 0 Å². The van der Waals surface area contributed by atoms with E-state index >= 15 is 0 Å². The maximum absolute atomic E-state index is 12.9. The Kier molecular flexibility index (Phi) is 4.11. The van der Waals surface area contributed by atoms with E-state index in [-0.39, 0.29) is 51.6 Å². The number of hydrogen-bond acceptors (Lipinski definition) is 5. The SMILES string of the molecule is CC(C)C(=O)c1c(O)cc(O)c2c1O[C@]13CC(C)(C)CC2[C@@H]1CCC(C)(C)O3. The van der Waals surface area contributed by atoms with Gasteiger partial charge in [0.25, 0.3) is 0 Å². The summed E-state index contributed by atoms with van der Waals surface area (Å²) in [6.07, 6.45) is 3.47.